The molecule has 1 fully saturated rings. The third-order valence-corrected chi connectivity index (χ3v) is 2.94. The van der Waals surface area contributed by atoms with Gasteiger partial charge in [-0.3, -0.25) is 0 Å². The van der Waals surface area contributed by atoms with Crippen molar-refractivity contribution in [2.24, 2.45) is 5.10 Å². The van der Waals surface area contributed by atoms with Crippen LogP contribution in [0.4, 0.5) is 4.79 Å². The van der Waals surface area contributed by atoms with E-state index in [-0.39, 0.29) is 6.03 Å². The van der Waals surface area contributed by atoms with Crippen molar-refractivity contribution in [3.8, 4) is 0 Å². The fraction of sp³-hybridized carbons (Fsp3) is 0.714. The first kappa shape index (κ1) is 9.38. The minimum Gasteiger partial charge on any atom is -0.340 e. The second-order valence-corrected chi connectivity index (χ2v) is 4.01. The second-order valence-electron chi connectivity index (χ2n) is 2.56. The summed E-state index contributed by atoms with van der Waals surface area (Å²) in [6.07, 6.45) is 0.982. The molecule has 0 aromatic rings. The average Bonchev–Trinajstić information content (AvgIpc) is 2.47. The third-order valence-electron chi connectivity index (χ3n) is 1.72. The van der Waals surface area contributed by atoms with Gasteiger partial charge >= 0.3 is 6.03 Å². The van der Waals surface area contributed by atoms with E-state index in [9.17, 15) is 4.79 Å². The van der Waals surface area contributed by atoms with E-state index in [1.54, 1.807) is 7.05 Å². The molecule has 0 aliphatic carbocycles. The molecule has 2 N–H and O–H groups in total. The van der Waals surface area contributed by atoms with Gasteiger partial charge in [-0.2, -0.15) is 16.9 Å². The van der Waals surface area contributed by atoms with Gasteiger partial charge in [0, 0.05) is 12.3 Å². The number of amides is 2. The van der Waals surface area contributed by atoms with Gasteiger partial charge in [-0.05, 0) is 19.1 Å². The van der Waals surface area contributed by atoms with Crippen molar-refractivity contribution in [1.82, 2.24) is 10.7 Å². The number of nitrogens with zero attached hydrogens (tertiary/aromatic N) is 1. The first-order valence-electron chi connectivity index (χ1n) is 3.90. The molecule has 0 aromatic heterocycles. The average molecular weight is 187 g/mol. The van der Waals surface area contributed by atoms with Crippen LogP contribution in [0.25, 0.3) is 0 Å². The Labute approximate surface area is 76.2 Å². The SMILES string of the molecule is CNC(=O)N/N=C1/CCSC1C. The predicted molar refractivity (Wildman–Crippen MR) is 51.6 cm³/mol. The normalized spacial score (nSPS) is 25.8. The minimum absolute atomic E-state index is 0.258. The molecule has 0 spiro atoms. The Hall–Kier alpha value is -0.710. The molecule has 1 aliphatic rings. The molecular weight excluding hydrogens is 174 g/mol. The Morgan fingerprint density at radius 2 is 2.50 bits per heavy atom. The second kappa shape index (κ2) is 4.35. The Morgan fingerprint density at radius 3 is 3.00 bits per heavy atom. The van der Waals surface area contributed by atoms with Crippen LogP contribution < -0.4 is 10.7 Å². The van der Waals surface area contributed by atoms with Gasteiger partial charge in [-0.25, -0.2) is 10.2 Å². The molecule has 1 saturated heterocycles. The lowest BCUT2D eigenvalue weighted by Crippen LogP contribution is -2.30. The van der Waals surface area contributed by atoms with Crippen LogP contribution in [0.1, 0.15) is 13.3 Å². The van der Waals surface area contributed by atoms with Gasteiger partial charge in [0.25, 0.3) is 0 Å². The number of hydrogen-bond donors (Lipinski definition) is 2. The highest BCUT2D eigenvalue weighted by Crippen LogP contribution is 2.22. The van der Waals surface area contributed by atoms with Crippen molar-refractivity contribution in [3.05, 3.63) is 0 Å². The summed E-state index contributed by atoms with van der Waals surface area (Å²) < 4.78 is 0. The van der Waals surface area contributed by atoms with Crippen molar-refractivity contribution in [2.45, 2.75) is 18.6 Å². The zero-order valence-corrected chi connectivity index (χ0v) is 8.07. The van der Waals surface area contributed by atoms with Gasteiger partial charge in [0.2, 0.25) is 0 Å². The predicted octanol–water partition coefficient (Wildman–Crippen LogP) is 0.797. The quantitative estimate of drug-likeness (QED) is 0.596. The molecule has 5 heteroatoms. The molecule has 1 unspecified atom stereocenters. The maximum absolute atomic E-state index is 10.7. The summed E-state index contributed by atoms with van der Waals surface area (Å²) in [5.74, 6) is 1.11. The molecule has 1 rings (SSSR count). The van der Waals surface area contributed by atoms with Crippen LogP contribution >= 0.6 is 11.8 Å². The molecular formula is C7H13N3OS. The summed E-state index contributed by atoms with van der Waals surface area (Å²) in [5, 5.41) is 6.90. The number of carbonyl (C=O) groups is 1. The number of thioether (sulfide) groups is 1. The van der Waals surface area contributed by atoms with Gasteiger partial charge in [-0.15, -0.1) is 0 Å². The number of urea groups is 1. The Morgan fingerprint density at radius 1 is 1.75 bits per heavy atom. The van der Waals surface area contributed by atoms with E-state index in [1.807, 2.05) is 11.8 Å². The van der Waals surface area contributed by atoms with Crippen molar-refractivity contribution < 1.29 is 4.79 Å². The number of hydrogen-bond acceptors (Lipinski definition) is 3. The van der Waals surface area contributed by atoms with Crippen LogP contribution in [0, 0.1) is 0 Å². The Bertz CT molecular complexity index is 205. The molecule has 12 heavy (non-hydrogen) atoms. The molecule has 0 radical (unpaired) electrons. The van der Waals surface area contributed by atoms with Crippen LogP contribution in [0.15, 0.2) is 5.10 Å². The largest absolute Gasteiger partial charge is 0.340 e. The van der Waals surface area contributed by atoms with Crippen LogP contribution in [0.2, 0.25) is 0 Å². The van der Waals surface area contributed by atoms with Gasteiger partial charge in [0.15, 0.2) is 0 Å². The lowest BCUT2D eigenvalue weighted by Gasteiger charge is -2.02. The maximum atomic E-state index is 10.7. The maximum Gasteiger partial charge on any atom is 0.334 e. The van der Waals surface area contributed by atoms with Crippen molar-refractivity contribution in [3.63, 3.8) is 0 Å². The van der Waals surface area contributed by atoms with Gasteiger partial charge < -0.3 is 5.32 Å². The number of rotatable bonds is 1. The molecule has 4 nitrogen and oxygen atoms in total. The number of hydrazone groups is 1. The van der Waals surface area contributed by atoms with E-state index < -0.39 is 0 Å². The number of carbonyl (C=O) groups excluding carboxylic acids is 1. The highest BCUT2D eigenvalue weighted by molar-refractivity contribution is 8.01. The molecule has 68 valence electrons. The summed E-state index contributed by atoms with van der Waals surface area (Å²) in [6, 6.07) is -0.258. The van der Waals surface area contributed by atoms with E-state index in [4.69, 9.17) is 0 Å². The Balaban J connectivity index is 2.40. The fourth-order valence-electron chi connectivity index (χ4n) is 0.965. The molecule has 1 atom stereocenters. The lowest BCUT2D eigenvalue weighted by atomic mass is 10.2. The topological polar surface area (TPSA) is 53.5 Å². The zero-order valence-electron chi connectivity index (χ0n) is 7.26. The van der Waals surface area contributed by atoms with Crippen LogP contribution in [0.3, 0.4) is 0 Å². The smallest absolute Gasteiger partial charge is 0.334 e. The van der Waals surface area contributed by atoms with Crippen LogP contribution in [-0.2, 0) is 0 Å². The van der Waals surface area contributed by atoms with E-state index in [2.05, 4.69) is 22.8 Å². The standard InChI is InChI=1S/C7H13N3OS/c1-5-6(3-4-12-5)9-10-7(11)8-2/h5H,3-4H2,1-2H3,(H2,8,10,11)/b9-6-. The van der Waals surface area contributed by atoms with Crippen LogP contribution in [0.5, 0.6) is 0 Å². The molecule has 1 aliphatic heterocycles. The monoisotopic (exact) mass is 187 g/mol. The first-order chi connectivity index (χ1) is 5.74. The summed E-state index contributed by atoms with van der Waals surface area (Å²) in [7, 11) is 1.57. The molecule has 1 heterocycles. The molecule has 0 aromatic carbocycles. The van der Waals surface area contributed by atoms with E-state index >= 15 is 0 Å². The minimum atomic E-state index is -0.258. The fourth-order valence-corrected chi connectivity index (χ4v) is 2.01. The first-order valence-corrected chi connectivity index (χ1v) is 4.94. The van der Waals surface area contributed by atoms with Crippen molar-refractivity contribution >= 4 is 23.5 Å². The molecule has 0 bridgehead atoms. The summed E-state index contributed by atoms with van der Waals surface area (Å²) in [4.78, 5) is 10.7. The zero-order chi connectivity index (χ0) is 8.97. The third kappa shape index (κ3) is 2.41. The van der Waals surface area contributed by atoms with E-state index in [0.29, 0.717) is 5.25 Å². The Kier molecular flexibility index (Phi) is 3.40. The van der Waals surface area contributed by atoms with Crippen molar-refractivity contribution in [2.75, 3.05) is 12.8 Å². The van der Waals surface area contributed by atoms with Crippen LogP contribution in [-0.4, -0.2) is 29.8 Å². The number of nitrogens with one attached hydrogen (secondary N) is 2. The van der Waals surface area contributed by atoms with E-state index in [0.717, 1.165) is 17.9 Å². The highest BCUT2D eigenvalue weighted by Gasteiger charge is 2.18. The summed E-state index contributed by atoms with van der Waals surface area (Å²) >= 11 is 1.86. The summed E-state index contributed by atoms with van der Waals surface area (Å²) in [5.41, 5.74) is 3.50. The van der Waals surface area contributed by atoms with Gasteiger partial charge in [0.1, 0.15) is 0 Å². The highest BCUT2D eigenvalue weighted by atomic mass is 32.2. The van der Waals surface area contributed by atoms with Gasteiger partial charge in [0.05, 0.1) is 5.71 Å². The van der Waals surface area contributed by atoms with Crippen molar-refractivity contribution in [1.29, 1.82) is 0 Å². The summed E-state index contributed by atoms with van der Waals surface area (Å²) in [6.45, 7) is 2.10. The molecule has 2 amide bonds. The lowest BCUT2D eigenvalue weighted by molar-refractivity contribution is 0.243. The van der Waals surface area contributed by atoms with E-state index in [1.165, 1.54) is 0 Å². The van der Waals surface area contributed by atoms with Gasteiger partial charge in [-0.1, -0.05) is 0 Å². The molecule has 0 saturated carbocycles.